The van der Waals surface area contributed by atoms with E-state index in [-0.39, 0.29) is 21.0 Å². The van der Waals surface area contributed by atoms with Crippen LogP contribution >= 0.6 is 0 Å². The third-order valence-corrected chi connectivity index (χ3v) is 4.51. The summed E-state index contributed by atoms with van der Waals surface area (Å²) in [5, 5.41) is -0.127. The number of fused-ring (bicyclic) bond motifs is 1. The fourth-order valence-electron chi connectivity index (χ4n) is 1.86. The fraction of sp³-hybridized carbons (Fsp3) is 0. The first-order chi connectivity index (χ1) is 9.50. The van der Waals surface area contributed by atoms with E-state index in [4.69, 9.17) is 0 Å². The van der Waals surface area contributed by atoms with Crippen LogP contribution in [0, 0.1) is 0 Å². The van der Waals surface area contributed by atoms with Crippen LogP contribution < -0.4 is 0 Å². The quantitative estimate of drug-likeness (QED) is 0.610. The van der Waals surface area contributed by atoms with E-state index in [1.807, 2.05) is 0 Å². The zero-order chi connectivity index (χ0) is 14.3. The highest BCUT2D eigenvalue weighted by atomic mass is 32.2. The van der Waals surface area contributed by atoms with Gasteiger partial charge in [-0.1, -0.05) is 6.07 Å². The largest absolute Gasteiger partial charge is 0.386 e. The molecule has 2 heterocycles. The van der Waals surface area contributed by atoms with Crippen LogP contribution in [0.15, 0.2) is 52.5 Å². The van der Waals surface area contributed by atoms with Crippen LogP contribution in [0.5, 0.6) is 0 Å². The van der Waals surface area contributed by atoms with E-state index in [0.717, 1.165) is 6.07 Å². The first kappa shape index (κ1) is 12.5. The number of pyridine rings is 1. The highest BCUT2D eigenvalue weighted by Crippen LogP contribution is 2.26. The van der Waals surface area contributed by atoms with E-state index in [1.165, 1.54) is 24.4 Å². The molecule has 0 bridgehead atoms. The Hall–Kier alpha value is -2.54. The number of carbonyl (C=O) groups is 2. The van der Waals surface area contributed by atoms with Gasteiger partial charge in [0.2, 0.25) is 9.84 Å². The summed E-state index contributed by atoms with van der Waals surface area (Å²) in [4.78, 5) is 26.4. The van der Waals surface area contributed by atoms with Crippen LogP contribution in [0.3, 0.4) is 0 Å². The average Bonchev–Trinajstić information content (AvgIpc) is 2.75. The smallest absolute Gasteiger partial charge is 0.346 e. The van der Waals surface area contributed by atoms with Crippen molar-refractivity contribution in [3.05, 3.63) is 53.7 Å². The van der Waals surface area contributed by atoms with Crippen LogP contribution in [0.4, 0.5) is 0 Å². The number of benzene rings is 1. The molecule has 0 saturated carbocycles. The molecule has 0 saturated heterocycles. The van der Waals surface area contributed by atoms with Crippen molar-refractivity contribution < 1.29 is 22.7 Å². The third-order valence-electron chi connectivity index (χ3n) is 2.84. The number of hydrogen-bond acceptors (Lipinski definition) is 6. The fourth-order valence-corrected chi connectivity index (χ4v) is 3.08. The van der Waals surface area contributed by atoms with Gasteiger partial charge in [0.25, 0.3) is 0 Å². The predicted octanol–water partition coefficient (Wildman–Crippen LogP) is 1.22. The van der Waals surface area contributed by atoms with E-state index in [2.05, 4.69) is 9.72 Å². The van der Waals surface area contributed by atoms with Crippen molar-refractivity contribution in [2.24, 2.45) is 0 Å². The third kappa shape index (κ3) is 1.79. The van der Waals surface area contributed by atoms with E-state index in [0.29, 0.717) is 0 Å². The van der Waals surface area contributed by atoms with Crippen LogP contribution in [0.1, 0.15) is 20.7 Å². The van der Waals surface area contributed by atoms with Crippen LogP contribution in [0.25, 0.3) is 0 Å². The Morgan fingerprint density at radius 3 is 2.40 bits per heavy atom. The van der Waals surface area contributed by atoms with Crippen molar-refractivity contribution in [1.82, 2.24) is 4.98 Å². The molecule has 0 aliphatic carbocycles. The van der Waals surface area contributed by atoms with Gasteiger partial charge in [0.1, 0.15) is 0 Å². The molecule has 0 N–H and O–H groups in total. The van der Waals surface area contributed by atoms with Gasteiger partial charge in [0.05, 0.1) is 16.0 Å². The first-order valence-corrected chi connectivity index (χ1v) is 7.05. The molecule has 3 rings (SSSR count). The van der Waals surface area contributed by atoms with Gasteiger partial charge in [-0.15, -0.1) is 0 Å². The zero-order valence-electron chi connectivity index (χ0n) is 9.94. The Kier molecular flexibility index (Phi) is 2.65. The van der Waals surface area contributed by atoms with E-state index in [9.17, 15) is 18.0 Å². The molecule has 7 heteroatoms. The minimum atomic E-state index is -3.83. The molecule has 1 aromatic heterocycles. The number of esters is 2. The Labute approximate surface area is 113 Å². The van der Waals surface area contributed by atoms with Crippen molar-refractivity contribution >= 4 is 21.8 Å². The number of ether oxygens (including phenoxy) is 1. The Balaban J connectivity index is 2.16. The lowest BCUT2D eigenvalue weighted by atomic mass is 10.1. The normalized spacial score (nSPS) is 14.0. The van der Waals surface area contributed by atoms with Gasteiger partial charge < -0.3 is 4.74 Å². The maximum atomic E-state index is 12.3. The minimum absolute atomic E-state index is 0.0491. The standard InChI is InChI=1S/C13H7NO5S/c15-12-9-5-4-8(7-10(9)13(16)19-12)20(17,18)11-3-1-2-6-14-11/h1-7H. The number of rotatable bonds is 2. The first-order valence-electron chi connectivity index (χ1n) is 5.57. The van der Waals surface area contributed by atoms with Crippen LogP contribution in [-0.2, 0) is 14.6 Å². The molecule has 1 aromatic carbocycles. The van der Waals surface area contributed by atoms with Crippen molar-refractivity contribution in [3.8, 4) is 0 Å². The van der Waals surface area contributed by atoms with E-state index >= 15 is 0 Å². The molecule has 6 nitrogen and oxygen atoms in total. The summed E-state index contributed by atoms with van der Waals surface area (Å²) in [6, 6.07) is 8.14. The summed E-state index contributed by atoms with van der Waals surface area (Å²) in [5.41, 5.74) is 0.0157. The van der Waals surface area contributed by atoms with Crippen molar-refractivity contribution in [2.75, 3.05) is 0 Å². The molecule has 0 radical (unpaired) electrons. The van der Waals surface area contributed by atoms with E-state index < -0.39 is 21.8 Å². The van der Waals surface area contributed by atoms with Gasteiger partial charge >= 0.3 is 11.9 Å². The summed E-state index contributed by atoms with van der Waals surface area (Å²) in [7, 11) is -3.83. The maximum absolute atomic E-state index is 12.3. The molecule has 20 heavy (non-hydrogen) atoms. The van der Waals surface area contributed by atoms with Gasteiger partial charge in [-0.05, 0) is 30.3 Å². The second-order valence-corrected chi connectivity index (χ2v) is 5.95. The lowest BCUT2D eigenvalue weighted by molar-refractivity contribution is 0.0443. The second kappa shape index (κ2) is 4.24. The molecule has 1 aliphatic rings. The highest BCUT2D eigenvalue weighted by molar-refractivity contribution is 7.91. The van der Waals surface area contributed by atoms with Gasteiger partial charge in [-0.25, -0.2) is 23.0 Å². The van der Waals surface area contributed by atoms with Crippen molar-refractivity contribution in [3.63, 3.8) is 0 Å². The van der Waals surface area contributed by atoms with Crippen LogP contribution in [0.2, 0.25) is 0 Å². The molecular formula is C13H7NO5S. The van der Waals surface area contributed by atoms with Gasteiger partial charge in [0, 0.05) is 6.20 Å². The number of carbonyl (C=O) groups excluding carboxylic acids is 2. The van der Waals surface area contributed by atoms with E-state index in [1.54, 1.807) is 12.1 Å². The molecule has 2 aromatic rings. The lowest BCUT2D eigenvalue weighted by Gasteiger charge is -2.04. The molecule has 0 spiro atoms. The summed E-state index contributed by atoms with van der Waals surface area (Å²) in [6.45, 7) is 0. The maximum Gasteiger partial charge on any atom is 0.346 e. The molecule has 0 fully saturated rings. The highest BCUT2D eigenvalue weighted by Gasteiger charge is 2.31. The zero-order valence-corrected chi connectivity index (χ0v) is 10.8. The Bertz CT molecular complexity index is 827. The molecule has 0 unspecified atom stereocenters. The average molecular weight is 289 g/mol. The number of hydrogen-bond donors (Lipinski definition) is 0. The molecule has 0 atom stereocenters. The van der Waals surface area contributed by atoms with Gasteiger partial charge in [-0.2, -0.15) is 0 Å². The number of aromatic nitrogens is 1. The molecule has 100 valence electrons. The minimum Gasteiger partial charge on any atom is -0.386 e. The summed E-state index contributed by atoms with van der Waals surface area (Å²) in [5.74, 6) is -1.62. The lowest BCUT2D eigenvalue weighted by Crippen LogP contribution is -2.05. The monoisotopic (exact) mass is 289 g/mol. The summed E-state index contributed by atoms with van der Waals surface area (Å²) in [6.07, 6.45) is 1.36. The van der Waals surface area contributed by atoms with Crippen LogP contribution in [-0.4, -0.2) is 25.3 Å². The SMILES string of the molecule is O=C1OC(=O)c2cc(S(=O)(=O)c3ccccn3)ccc21. The van der Waals surface area contributed by atoms with Gasteiger partial charge in [-0.3, -0.25) is 0 Å². The molecular weight excluding hydrogens is 282 g/mol. The topological polar surface area (TPSA) is 90.4 Å². The summed E-state index contributed by atoms with van der Waals surface area (Å²) < 4.78 is 29.1. The number of cyclic esters (lactones) is 2. The van der Waals surface area contributed by atoms with Gasteiger partial charge in [0.15, 0.2) is 5.03 Å². The van der Waals surface area contributed by atoms with Crippen molar-refractivity contribution in [1.29, 1.82) is 0 Å². The second-order valence-electron chi connectivity index (χ2n) is 4.06. The Morgan fingerprint density at radius 2 is 1.70 bits per heavy atom. The number of nitrogens with zero attached hydrogens (tertiary/aromatic N) is 1. The molecule has 0 amide bonds. The predicted molar refractivity (Wildman–Crippen MR) is 65.9 cm³/mol. The Morgan fingerprint density at radius 1 is 0.950 bits per heavy atom. The number of sulfone groups is 1. The summed E-state index contributed by atoms with van der Waals surface area (Å²) >= 11 is 0. The molecule has 1 aliphatic heterocycles. The van der Waals surface area contributed by atoms with Crippen molar-refractivity contribution in [2.45, 2.75) is 9.92 Å².